The Kier molecular flexibility index (Phi) is 1.73. The summed E-state index contributed by atoms with van der Waals surface area (Å²) in [6.07, 6.45) is 0. The van der Waals surface area contributed by atoms with Crippen LogP contribution in [0.2, 0.25) is 0 Å². The van der Waals surface area contributed by atoms with E-state index in [-0.39, 0.29) is 0 Å². The first-order chi connectivity index (χ1) is 6.51. The van der Waals surface area contributed by atoms with Gasteiger partial charge in [-0.05, 0) is 24.7 Å². The molecule has 0 heterocycles. The molecule has 0 aromatic heterocycles. The molecule has 0 fully saturated rings. The third-order valence-corrected chi connectivity index (χ3v) is 1.45. The lowest BCUT2D eigenvalue weighted by Gasteiger charge is -2.01. The third kappa shape index (κ3) is 2.24. The molecular formula is C9H13NO. The predicted octanol–water partition coefficient (Wildman–Crippen LogP) is 1.41. The van der Waals surface area contributed by atoms with E-state index >= 15 is 0 Å². The smallest absolute Gasteiger partial charge is 0.118 e. The summed E-state index contributed by atoms with van der Waals surface area (Å²) >= 11 is 0. The number of methoxy groups -OCH3 is 1. The molecule has 0 bridgehead atoms. The van der Waals surface area contributed by atoms with Gasteiger partial charge in [-0.25, -0.2) is 0 Å². The van der Waals surface area contributed by atoms with Gasteiger partial charge < -0.3 is 10.1 Å². The summed E-state index contributed by atoms with van der Waals surface area (Å²) in [5.74, 6) is 0.766. The van der Waals surface area contributed by atoms with Crippen molar-refractivity contribution in [1.82, 2.24) is 5.32 Å². The van der Waals surface area contributed by atoms with E-state index in [1.807, 2.05) is 12.1 Å². The highest BCUT2D eigenvalue weighted by Crippen LogP contribution is 2.10. The van der Waals surface area contributed by atoms with Crippen LogP contribution < -0.4 is 10.1 Å². The van der Waals surface area contributed by atoms with Crippen LogP contribution in [0.15, 0.2) is 24.3 Å². The van der Waals surface area contributed by atoms with Crippen LogP contribution in [0.1, 0.15) is 9.68 Å². The maximum absolute atomic E-state index is 6.96. The first-order valence-corrected chi connectivity index (χ1v) is 3.39. The molecule has 1 aromatic rings. The van der Waals surface area contributed by atoms with E-state index in [1.54, 1.807) is 19.2 Å². The average Bonchev–Trinajstić information content (AvgIpc) is 2.14. The summed E-state index contributed by atoms with van der Waals surface area (Å²) in [6, 6.07) is 7.27. The van der Waals surface area contributed by atoms with Crippen LogP contribution in [0.3, 0.4) is 0 Å². The number of ether oxygens (including phenoxy) is 1. The molecule has 0 spiro atoms. The van der Waals surface area contributed by atoms with Gasteiger partial charge in [0.05, 0.1) is 7.11 Å². The summed E-state index contributed by atoms with van der Waals surface area (Å²) in [7, 11) is 1.59. The number of benzene rings is 1. The minimum atomic E-state index is -2.08. The molecule has 0 saturated carbocycles. The standard InChI is InChI=1S/C9H13NO/c1-10-7-8-3-5-9(11-2)6-4-8/h3-6,10H,7H2,1-2H3/i1D3. The lowest BCUT2D eigenvalue weighted by Crippen LogP contribution is -2.04. The van der Waals surface area contributed by atoms with Crippen molar-refractivity contribution in [2.45, 2.75) is 6.54 Å². The van der Waals surface area contributed by atoms with Crippen LogP contribution >= 0.6 is 0 Å². The molecule has 0 aliphatic rings. The van der Waals surface area contributed by atoms with Crippen LogP contribution in [-0.4, -0.2) is 14.1 Å². The number of rotatable bonds is 3. The van der Waals surface area contributed by atoms with Gasteiger partial charge in [-0.3, -0.25) is 0 Å². The fourth-order valence-electron chi connectivity index (χ4n) is 0.845. The predicted molar refractivity (Wildman–Crippen MR) is 45.8 cm³/mol. The zero-order valence-corrected chi connectivity index (χ0v) is 6.42. The van der Waals surface area contributed by atoms with Crippen molar-refractivity contribution >= 4 is 0 Å². The zero-order valence-electron chi connectivity index (χ0n) is 9.42. The Morgan fingerprint density at radius 2 is 2.18 bits per heavy atom. The van der Waals surface area contributed by atoms with E-state index < -0.39 is 6.98 Å². The lowest BCUT2D eigenvalue weighted by molar-refractivity contribution is 0.414. The molecule has 0 unspecified atom stereocenters. The van der Waals surface area contributed by atoms with Gasteiger partial charge in [0.25, 0.3) is 0 Å². The first-order valence-electron chi connectivity index (χ1n) is 4.89. The van der Waals surface area contributed by atoms with Crippen LogP contribution in [-0.2, 0) is 6.54 Å². The summed E-state index contributed by atoms with van der Waals surface area (Å²) in [6.45, 7) is -1.75. The van der Waals surface area contributed by atoms with Crippen LogP contribution in [0, 0.1) is 0 Å². The normalized spacial score (nSPS) is 14.8. The maximum Gasteiger partial charge on any atom is 0.118 e. The summed E-state index contributed by atoms with van der Waals surface area (Å²) < 4.78 is 25.9. The number of hydrogen-bond donors (Lipinski definition) is 1. The Morgan fingerprint density at radius 3 is 2.73 bits per heavy atom. The van der Waals surface area contributed by atoms with Gasteiger partial charge in [0.1, 0.15) is 5.75 Å². The van der Waals surface area contributed by atoms with Gasteiger partial charge in [-0.15, -0.1) is 0 Å². The Hall–Kier alpha value is -1.02. The van der Waals surface area contributed by atoms with Crippen LogP contribution in [0.25, 0.3) is 0 Å². The van der Waals surface area contributed by atoms with Crippen molar-refractivity contribution in [2.75, 3.05) is 14.1 Å². The highest BCUT2D eigenvalue weighted by Gasteiger charge is 1.90. The van der Waals surface area contributed by atoms with Crippen molar-refractivity contribution in [3.05, 3.63) is 29.8 Å². The van der Waals surface area contributed by atoms with E-state index in [0.717, 1.165) is 11.3 Å². The fraction of sp³-hybridized carbons (Fsp3) is 0.333. The molecule has 60 valence electrons. The van der Waals surface area contributed by atoms with Gasteiger partial charge in [0.15, 0.2) is 0 Å². The molecule has 0 saturated heterocycles. The minimum Gasteiger partial charge on any atom is -0.497 e. The van der Waals surface area contributed by atoms with Crippen LogP contribution in [0.4, 0.5) is 0 Å². The molecule has 2 nitrogen and oxygen atoms in total. The fourth-order valence-corrected chi connectivity index (χ4v) is 0.845. The van der Waals surface area contributed by atoms with Gasteiger partial charge in [0.2, 0.25) is 0 Å². The topological polar surface area (TPSA) is 21.3 Å². The largest absolute Gasteiger partial charge is 0.497 e. The Bertz CT molecular complexity index is 281. The zero-order chi connectivity index (χ0) is 10.6. The average molecular weight is 154 g/mol. The van der Waals surface area contributed by atoms with E-state index in [4.69, 9.17) is 8.85 Å². The maximum atomic E-state index is 6.96. The van der Waals surface area contributed by atoms with Gasteiger partial charge in [-0.2, -0.15) is 0 Å². The lowest BCUT2D eigenvalue weighted by atomic mass is 10.2. The van der Waals surface area contributed by atoms with E-state index in [0.29, 0.717) is 6.54 Å². The first kappa shape index (κ1) is 4.78. The van der Waals surface area contributed by atoms with E-state index in [1.165, 1.54) is 0 Å². The van der Waals surface area contributed by atoms with Gasteiger partial charge in [-0.1, -0.05) is 12.1 Å². The van der Waals surface area contributed by atoms with Crippen molar-refractivity contribution in [2.24, 2.45) is 0 Å². The Labute approximate surface area is 71.4 Å². The summed E-state index contributed by atoms with van der Waals surface area (Å²) in [5, 5.41) is 2.43. The van der Waals surface area contributed by atoms with E-state index in [9.17, 15) is 0 Å². The second-order valence-electron chi connectivity index (χ2n) is 2.20. The van der Waals surface area contributed by atoms with Gasteiger partial charge >= 0.3 is 0 Å². The van der Waals surface area contributed by atoms with Crippen molar-refractivity contribution in [3.8, 4) is 5.75 Å². The van der Waals surface area contributed by atoms with Crippen molar-refractivity contribution in [1.29, 1.82) is 0 Å². The third-order valence-electron chi connectivity index (χ3n) is 1.45. The Balaban J connectivity index is 2.52. The van der Waals surface area contributed by atoms with E-state index in [2.05, 4.69) is 5.32 Å². The summed E-state index contributed by atoms with van der Waals surface area (Å²) in [5.41, 5.74) is 0.918. The summed E-state index contributed by atoms with van der Waals surface area (Å²) in [4.78, 5) is 0. The second-order valence-corrected chi connectivity index (χ2v) is 2.20. The molecule has 1 aromatic carbocycles. The SMILES string of the molecule is [2H]C([2H])([2H])NCc1ccc(OC)cc1. The molecule has 0 atom stereocenters. The quantitative estimate of drug-likeness (QED) is 0.710. The molecule has 1 N–H and O–H groups in total. The molecule has 11 heavy (non-hydrogen) atoms. The number of nitrogens with one attached hydrogen (secondary N) is 1. The van der Waals surface area contributed by atoms with Crippen molar-refractivity contribution < 1.29 is 8.85 Å². The molecule has 2 heteroatoms. The molecule has 0 radical (unpaired) electrons. The van der Waals surface area contributed by atoms with Crippen molar-refractivity contribution in [3.63, 3.8) is 0 Å². The van der Waals surface area contributed by atoms with Gasteiger partial charge in [0, 0.05) is 10.7 Å². The highest BCUT2D eigenvalue weighted by atomic mass is 16.5. The molecular weight excluding hydrogens is 138 g/mol. The second kappa shape index (κ2) is 3.98. The Morgan fingerprint density at radius 1 is 1.45 bits per heavy atom. The molecule has 1 rings (SSSR count). The number of hydrogen-bond acceptors (Lipinski definition) is 2. The highest BCUT2D eigenvalue weighted by molar-refractivity contribution is 5.26. The molecule has 0 aliphatic heterocycles. The minimum absolute atomic E-state index is 0.334. The van der Waals surface area contributed by atoms with Crippen LogP contribution in [0.5, 0.6) is 5.75 Å². The monoisotopic (exact) mass is 154 g/mol. The molecule has 0 amide bonds. The molecule has 0 aliphatic carbocycles.